The summed E-state index contributed by atoms with van der Waals surface area (Å²) in [6, 6.07) is 3.95. The van der Waals surface area contributed by atoms with Crippen LogP contribution in [0.2, 0.25) is 5.02 Å². The number of halogens is 2. The Morgan fingerprint density at radius 3 is 2.81 bits per heavy atom. The molecular formula is C14H16BrClN2O3. The standard InChI is InChI=1S/C14H16BrClN2O3/c15-12-9(16)5-4-6-10(12)17-14(21)18-8-3-1-2-7-11(18)13(19)20/h4-6,11H,1-3,7-8H2,(H,17,21)(H,19,20). The lowest BCUT2D eigenvalue weighted by molar-refractivity contribution is -0.142. The first-order valence-corrected chi connectivity index (χ1v) is 7.92. The number of carboxylic acids is 1. The zero-order valence-corrected chi connectivity index (χ0v) is 13.7. The van der Waals surface area contributed by atoms with Gasteiger partial charge < -0.3 is 15.3 Å². The van der Waals surface area contributed by atoms with Crippen molar-refractivity contribution >= 4 is 45.2 Å². The molecule has 1 fully saturated rings. The van der Waals surface area contributed by atoms with Gasteiger partial charge in [0.25, 0.3) is 0 Å². The predicted octanol–water partition coefficient (Wildman–Crippen LogP) is 3.96. The minimum atomic E-state index is -0.961. The van der Waals surface area contributed by atoms with Gasteiger partial charge in [-0.3, -0.25) is 0 Å². The Morgan fingerprint density at radius 1 is 1.33 bits per heavy atom. The smallest absolute Gasteiger partial charge is 0.326 e. The molecule has 0 radical (unpaired) electrons. The number of benzene rings is 1. The van der Waals surface area contributed by atoms with Gasteiger partial charge >= 0.3 is 12.0 Å². The number of nitrogens with one attached hydrogen (secondary N) is 1. The Kier molecular flexibility index (Phi) is 5.47. The van der Waals surface area contributed by atoms with E-state index in [1.54, 1.807) is 18.2 Å². The van der Waals surface area contributed by atoms with E-state index in [1.807, 2.05) is 0 Å². The Hall–Kier alpha value is -1.27. The molecule has 5 nitrogen and oxygen atoms in total. The molecule has 1 unspecified atom stereocenters. The average molecular weight is 376 g/mol. The number of hydrogen-bond donors (Lipinski definition) is 2. The number of nitrogens with zero attached hydrogens (tertiary/aromatic N) is 1. The molecule has 0 saturated carbocycles. The summed E-state index contributed by atoms with van der Waals surface area (Å²) in [5, 5.41) is 12.5. The minimum Gasteiger partial charge on any atom is -0.480 e. The summed E-state index contributed by atoms with van der Waals surface area (Å²) in [6.07, 6.45) is 3.06. The van der Waals surface area contributed by atoms with Gasteiger partial charge in [0.2, 0.25) is 0 Å². The number of rotatable bonds is 2. The molecule has 0 aliphatic carbocycles. The second kappa shape index (κ2) is 7.13. The first kappa shape index (κ1) is 16.1. The van der Waals surface area contributed by atoms with Gasteiger partial charge in [-0.25, -0.2) is 9.59 Å². The maximum atomic E-state index is 12.4. The number of carbonyl (C=O) groups excluding carboxylic acids is 1. The maximum Gasteiger partial charge on any atom is 0.326 e. The van der Waals surface area contributed by atoms with Crippen LogP contribution >= 0.6 is 27.5 Å². The molecule has 2 amide bonds. The third-order valence-electron chi connectivity index (χ3n) is 3.49. The van der Waals surface area contributed by atoms with Crippen LogP contribution in [0.3, 0.4) is 0 Å². The molecule has 0 bridgehead atoms. The van der Waals surface area contributed by atoms with E-state index in [0.717, 1.165) is 19.3 Å². The molecule has 1 heterocycles. The molecule has 7 heteroatoms. The molecule has 0 spiro atoms. The van der Waals surface area contributed by atoms with Gasteiger partial charge in [-0.15, -0.1) is 0 Å². The molecule has 1 aromatic rings. The van der Waals surface area contributed by atoms with Crippen LogP contribution in [0.15, 0.2) is 22.7 Å². The normalized spacial score (nSPS) is 19.0. The van der Waals surface area contributed by atoms with Crippen molar-refractivity contribution in [3.63, 3.8) is 0 Å². The van der Waals surface area contributed by atoms with E-state index < -0.39 is 18.0 Å². The van der Waals surface area contributed by atoms with E-state index in [9.17, 15) is 14.7 Å². The Morgan fingerprint density at radius 2 is 2.10 bits per heavy atom. The average Bonchev–Trinajstić information content (AvgIpc) is 2.69. The number of carboxylic acid groups (broad SMARTS) is 1. The lowest BCUT2D eigenvalue weighted by Gasteiger charge is -2.27. The molecule has 2 rings (SSSR count). The zero-order valence-electron chi connectivity index (χ0n) is 11.3. The highest BCUT2D eigenvalue weighted by atomic mass is 79.9. The first-order chi connectivity index (χ1) is 10.0. The number of carbonyl (C=O) groups is 2. The van der Waals surface area contributed by atoms with Crippen molar-refractivity contribution in [1.29, 1.82) is 0 Å². The molecule has 1 atom stereocenters. The highest BCUT2D eigenvalue weighted by Crippen LogP contribution is 2.30. The third kappa shape index (κ3) is 3.89. The Labute approximate surface area is 136 Å². The van der Waals surface area contributed by atoms with Crippen LogP contribution in [0.5, 0.6) is 0 Å². The monoisotopic (exact) mass is 374 g/mol. The predicted molar refractivity (Wildman–Crippen MR) is 84.8 cm³/mol. The fraction of sp³-hybridized carbons (Fsp3) is 0.429. The fourth-order valence-corrected chi connectivity index (χ4v) is 2.93. The van der Waals surface area contributed by atoms with Crippen LogP contribution in [0.1, 0.15) is 25.7 Å². The van der Waals surface area contributed by atoms with E-state index in [1.165, 1.54) is 4.90 Å². The van der Waals surface area contributed by atoms with Crippen molar-refractivity contribution in [2.24, 2.45) is 0 Å². The van der Waals surface area contributed by atoms with Crippen LogP contribution < -0.4 is 5.32 Å². The lowest BCUT2D eigenvalue weighted by atomic mass is 10.1. The largest absolute Gasteiger partial charge is 0.480 e. The molecule has 2 N–H and O–H groups in total. The summed E-state index contributed by atoms with van der Waals surface area (Å²) in [5.74, 6) is -0.961. The van der Waals surface area contributed by atoms with Crippen molar-refractivity contribution in [1.82, 2.24) is 4.90 Å². The van der Waals surface area contributed by atoms with Crippen LogP contribution in [0.25, 0.3) is 0 Å². The van der Waals surface area contributed by atoms with Gasteiger partial charge in [-0.05, 0) is 40.9 Å². The van der Waals surface area contributed by atoms with Crippen molar-refractivity contribution in [3.8, 4) is 0 Å². The van der Waals surface area contributed by atoms with Crippen LogP contribution in [-0.2, 0) is 4.79 Å². The summed E-state index contributed by atoms with van der Waals surface area (Å²) in [7, 11) is 0. The molecule has 114 valence electrons. The SMILES string of the molecule is O=C(O)C1CCCCCN1C(=O)Nc1cccc(Cl)c1Br. The highest BCUT2D eigenvalue weighted by Gasteiger charge is 2.31. The van der Waals surface area contributed by atoms with E-state index in [0.29, 0.717) is 28.1 Å². The van der Waals surface area contributed by atoms with Crippen molar-refractivity contribution < 1.29 is 14.7 Å². The summed E-state index contributed by atoms with van der Waals surface area (Å²) in [6.45, 7) is 0.445. The topological polar surface area (TPSA) is 69.6 Å². The summed E-state index contributed by atoms with van der Waals surface area (Å²) in [5.41, 5.74) is 0.529. The van der Waals surface area contributed by atoms with Crippen molar-refractivity contribution in [3.05, 3.63) is 27.7 Å². The molecule has 1 aliphatic heterocycles. The van der Waals surface area contributed by atoms with Gasteiger partial charge in [0.1, 0.15) is 6.04 Å². The van der Waals surface area contributed by atoms with Crippen molar-refractivity contribution in [2.45, 2.75) is 31.7 Å². The molecular weight excluding hydrogens is 360 g/mol. The van der Waals surface area contributed by atoms with Gasteiger partial charge in [0, 0.05) is 6.54 Å². The van der Waals surface area contributed by atoms with Gasteiger partial charge in [-0.1, -0.05) is 30.5 Å². The number of amides is 2. The zero-order chi connectivity index (χ0) is 15.4. The fourth-order valence-electron chi connectivity index (χ4n) is 2.40. The van der Waals surface area contributed by atoms with E-state index in [-0.39, 0.29) is 0 Å². The highest BCUT2D eigenvalue weighted by molar-refractivity contribution is 9.10. The summed E-state index contributed by atoms with van der Waals surface area (Å²) >= 11 is 9.29. The van der Waals surface area contributed by atoms with Crippen molar-refractivity contribution in [2.75, 3.05) is 11.9 Å². The second-order valence-corrected chi connectivity index (χ2v) is 6.13. The Balaban J connectivity index is 2.17. The third-order valence-corrected chi connectivity index (χ3v) is 4.89. The van der Waals surface area contributed by atoms with E-state index in [2.05, 4.69) is 21.2 Å². The molecule has 1 aliphatic rings. The lowest BCUT2D eigenvalue weighted by Crippen LogP contribution is -2.46. The molecule has 1 saturated heterocycles. The number of hydrogen-bond acceptors (Lipinski definition) is 2. The van der Waals surface area contributed by atoms with Crippen LogP contribution in [0, 0.1) is 0 Å². The van der Waals surface area contributed by atoms with Crippen LogP contribution in [0.4, 0.5) is 10.5 Å². The summed E-state index contributed by atoms with van der Waals surface area (Å²) < 4.78 is 0.585. The van der Waals surface area contributed by atoms with Crippen LogP contribution in [-0.4, -0.2) is 34.6 Å². The van der Waals surface area contributed by atoms with E-state index in [4.69, 9.17) is 11.6 Å². The molecule has 0 aromatic heterocycles. The number of anilines is 1. The number of urea groups is 1. The van der Waals surface area contributed by atoms with Gasteiger partial charge in [0.15, 0.2) is 0 Å². The molecule has 21 heavy (non-hydrogen) atoms. The minimum absolute atomic E-state index is 0.410. The molecule has 1 aromatic carbocycles. The number of likely N-dealkylation sites (tertiary alicyclic amines) is 1. The first-order valence-electron chi connectivity index (χ1n) is 6.75. The second-order valence-electron chi connectivity index (χ2n) is 4.93. The van der Waals surface area contributed by atoms with E-state index >= 15 is 0 Å². The maximum absolute atomic E-state index is 12.4. The quantitative estimate of drug-likeness (QED) is 0.822. The van der Waals surface area contributed by atoms with Gasteiger partial charge in [-0.2, -0.15) is 0 Å². The van der Waals surface area contributed by atoms with Gasteiger partial charge in [0.05, 0.1) is 15.2 Å². The number of aliphatic carboxylic acids is 1. The Bertz CT molecular complexity index is 553. The summed E-state index contributed by atoms with van der Waals surface area (Å²) in [4.78, 5) is 25.1.